The van der Waals surface area contributed by atoms with E-state index in [9.17, 15) is 20.7 Å². The lowest BCUT2D eigenvalue weighted by Crippen LogP contribution is -1.91. The molecule has 0 bridgehead atoms. The molecule has 0 aliphatic heterocycles. The summed E-state index contributed by atoms with van der Waals surface area (Å²) >= 11 is 0. The van der Waals surface area contributed by atoms with Crippen LogP contribution >= 0.6 is 0 Å². The monoisotopic (exact) mass is 336 g/mol. The number of phenols is 2. The molecule has 0 saturated carbocycles. The molecule has 0 heterocycles. The summed E-state index contributed by atoms with van der Waals surface area (Å²) in [6.07, 6.45) is 0. The van der Waals surface area contributed by atoms with E-state index in [0.29, 0.717) is 43.8 Å². The molecule has 122 valence electrons. The Balaban J connectivity index is 2.23. The summed E-state index contributed by atoms with van der Waals surface area (Å²) in [7, 11) is 0. The molecule has 2 N–H and O–H groups in total. The topological polar surface area (TPSA) is 88.0 Å². The molecule has 4 nitrogen and oxygen atoms in total. The summed E-state index contributed by atoms with van der Waals surface area (Å²) in [6.45, 7) is 0. The molecule has 4 heteroatoms. The second kappa shape index (κ2) is 5.81. The van der Waals surface area contributed by atoms with E-state index in [2.05, 4.69) is 12.1 Å². The van der Waals surface area contributed by atoms with Crippen LogP contribution in [0.3, 0.4) is 0 Å². The van der Waals surface area contributed by atoms with Gasteiger partial charge in [-0.15, -0.1) is 0 Å². The zero-order valence-corrected chi connectivity index (χ0v) is 13.6. The summed E-state index contributed by atoms with van der Waals surface area (Å²) in [5.74, 6) is -0.184. The molecule has 0 radical (unpaired) electrons. The zero-order chi connectivity index (χ0) is 18.3. The number of fused-ring (bicyclic) bond motifs is 2. The first-order valence-electron chi connectivity index (χ1n) is 7.95. The standard InChI is InChI=1S/C22H12N2O2/c23-11-13-9-19(25)21(17-7-3-1-5-15(13)17)22-18-8-4-2-6-16(18)14(12-24)10-20(22)26/h1-10,25-26H. The van der Waals surface area contributed by atoms with Gasteiger partial charge >= 0.3 is 0 Å². The van der Waals surface area contributed by atoms with Crippen LogP contribution < -0.4 is 0 Å². The molecule has 0 fully saturated rings. The van der Waals surface area contributed by atoms with Crippen LogP contribution in [0, 0.1) is 22.7 Å². The summed E-state index contributed by atoms with van der Waals surface area (Å²) in [6, 6.07) is 21.5. The minimum absolute atomic E-state index is 0.0922. The molecule has 4 aromatic rings. The summed E-state index contributed by atoms with van der Waals surface area (Å²) < 4.78 is 0. The van der Waals surface area contributed by atoms with Crippen LogP contribution in [0.5, 0.6) is 11.5 Å². The van der Waals surface area contributed by atoms with E-state index in [1.54, 1.807) is 24.3 Å². The third-order valence-corrected chi connectivity index (χ3v) is 4.54. The van der Waals surface area contributed by atoms with Crippen LogP contribution in [0.25, 0.3) is 32.7 Å². The van der Waals surface area contributed by atoms with Crippen molar-refractivity contribution in [1.82, 2.24) is 0 Å². The maximum absolute atomic E-state index is 10.7. The van der Waals surface area contributed by atoms with E-state index in [1.165, 1.54) is 12.1 Å². The molecule has 26 heavy (non-hydrogen) atoms. The molecule has 4 aromatic carbocycles. The SMILES string of the molecule is N#Cc1cc(O)c(-c2c(O)cc(C#N)c3ccccc23)c2ccccc12. The molecule has 0 aliphatic carbocycles. The van der Waals surface area contributed by atoms with Crippen molar-refractivity contribution in [3.05, 3.63) is 71.8 Å². The van der Waals surface area contributed by atoms with Gasteiger partial charge in [-0.2, -0.15) is 10.5 Å². The fourth-order valence-electron chi connectivity index (χ4n) is 3.43. The Labute approximate surface area is 149 Å². The first-order chi connectivity index (χ1) is 12.7. The Morgan fingerprint density at radius 3 is 1.27 bits per heavy atom. The number of hydrogen-bond acceptors (Lipinski definition) is 4. The van der Waals surface area contributed by atoms with E-state index >= 15 is 0 Å². The van der Waals surface area contributed by atoms with Gasteiger partial charge in [0.25, 0.3) is 0 Å². The minimum Gasteiger partial charge on any atom is -0.507 e. The van der Waals surface area contributed by atoms with Crippen LogP contribution in [0.1, 0.15) is 11.1 Å². The van der Waals surface area contributed by atoms with Crippen molar-refractivity contribution in [2.24, 2.45) is 0 Å². The van der Waals surface area contributed by atoms with Crippen LogP contribution in [0.4, 0.5) is 0 Å². The lowest BCUT2D eigenvalue weighted by molar-refractivity contribution is 0.470. The quantitative estimate of drug-likeness (QED) is 0.522. The summed E-state index contributed by atoms with van der Waals surface area (Å²) in [4.78, 5) is 0. The Hall–Kier alpha value is -4.02. The number of rotatable bonds is 1. The molecule has 0 atom stereocenters. The lowest BCUT2D eigenvalue weighted by Gasteiger charge is -2.15. The Morgan fingerprint density at radius 1 is 0.577 bits per heavy atom. The van der Waals surface area contributed by atoms with Crippen LogP contribution in [-0.4, -0.2) is 10.2 Å². The Kier molecular flexibility index (Phi) is 3.46. The van der Waals surface area contributed by atoms with Crippen LogP contribution in [-0.2, 0) is 0 Å². The Morgan fingerprint density at radius 2 is 0.923 bits per heavy atom. The third kappa shape index (κ3) is 2.14. The van der Waals surface area contributed by atoms with Crippen molar-refractivity contribution in [3.63, 3.8) is 0 Å². The van der Waals surface area contributed by atoms with Gasteiger partial charge in [0.2, 0.25) is 0 Å². The molecule has 0 saturated heterocycles. The van der Waals surface area contributed by atoms with Gasteiger partial charge in [0, 0.05) is 21.9 Å². The fourth-order valence-corrected chi connectivity index (χ4v) is 3.43. The zero-order valence-electron chi connectivity index (χ0n) is 13.6. The number of hydrogen-bond donors (Lipinski definition) is 2. The first-order valence-corrected chi connectivity index (χ1v) is 7.95. The van der Waals surface area contributed by atoms with E-state index in [4.69, 9.17) is 0 Å². The highest BCUT2D eigenvalue weighted by Crippen LogP contribution is 2.46. The van der Waals surface area contributed by atoms with E-state index in [0.717, 1.165) is 0 Å². The van der Waals surface area contributed by atoms with Gasteiger partial charge in [-0.25, -0.2) is 0 Å². The van der Waals surface area contributed by atoms with Gasteiger partial charge in [-0.1, -0.05) is 48.5 Å². The van der Waals surface area contributed by atoms with Gasteiger partial charge < -0.3 is 10.2 Å². The molecule has 0 aliphatic rings. The molecular weight excluding hydrogens is 324 g/mol. The van der Waals surface area contributed by atoms with E-state index in [1.807, 2.05) is 24.3 Å². The van der Waals surface area contributed by atoms with Crippen LogP contribution in [0.15, 0.2) is 60.7 Å². The second-order valence-corrected chi connectivity index (χ2v) is 5.95. The summed E-state index contributed by atoms with van der Waals surface area (Å²) in [5, 5.41) is 42.8. The number of nitriles is 2. The Bertz CT molecular complexity index is 1180. The maximum atomic E-state index is 10.7. The highest BCUT2D eigenvalue weighted by atomic mass is 16.3. The summed E-state index contributed by atoms with van der Waals surface area (Å²) in [5.41, 5.74) is 1.61. The molecule has 0 aromatic heterocycles. The largest absolute Gasteiger partial charge is 0.507 e. The highest BCUT2D eigenvalue weighted by molar-refractivity contribution is 6.11. The average molecular weight is 336 g/mol. The predicted molar refractivity (Wildman–Crippen MR) is 99.6 cm³/mol. The van der Waals surface area contributed by atoms with Crippen molar-refractivity contribution >= 4 is 21.5 Å². The van der Waals surface area contributed by atoms with Gasteiger partial charge in [-0.3, -0.25) is 0 Å². The number of phenolic OH excluding ortho intramolecular Hbond substituents is 2. The van der Waals surface area contributed by atoms with Gasteiger partial charge in [0.15, 0.2) is 0 Å². The number of nitrogens with zero attached hydrogens (tertiary/aromatic N) is 2. The minimum atomic E-state index is -0.0922. The normalized spacial score (nSPS) is 10.5. The van der Waals surface area contributed by atoms with Crippen molar-refractivity contribution in [1.29, 1.82) is 10.5 Å². The van der Waals surface area contributed by atoms with Crippen molar-refractivity contribution in [2.45, 2.75) is 0 Å². The number of benzene rings is 4. The van der Waals surface area contributed by atoms with Crippen molar-refractivity contribution in [2.75, 3.05) is 0 Å². The maximum Gasteiger partial charge on any atom is 0.125 e. The smallest absolute Gasteiger partial charge is 0.125 e. The van der Waals surface area contributed by atoms with Gasteiger partial charge in [0.05, 0.1) is 23.3 Å². The first kappa shape index (κ1) is 15.5. The predicted octanol–water partition coefficient (Wildman–Crippen LogP) is 4.81. The van der Waals surface area contributed by atoms with Crippen molar-refractivity contribution < 1.29 is 10.2 Å². The number of aromatic hydroxyl groups is 2. The van der Waals surface area contributed by atoms with E-state index < -0.39 is 0 Å². The third-order valence-electron chi connectivity index (χ3n) is 4.54. The molecule has 0 amide bonds. The lowest BCUT2D eigenvalue weighted by atomic mass is 9.89. The average Bonchev–Trinajstić information content (AvgIpc) is 2.68. The molecular formula is C22H12N2O2. The van der Waals surface area contributed by atoms with Gasteiger partial charge in [0.1, 0.15) is 11.5 Å². The molecule has 4 rings (SSSR count). The van der Waals surface area contributed by atoms with Crippen molar-refractivity contribution in [3.8, 4) is 34.8 Å². The van der Waals surface area contributed by atoms with Gasteiger partial charge in [-0.05, 0) is 22.9 Å². The molecule has 0 unspecified atom stereocenters. The van der Waals surface area contributed by atoms with Crippen LogP contribution in [0.2, 0.25) is 0 Å². The highest BCUT2D eigenvalue weighted by Gasteiger charge is 2.20. The fraction of sp³-hybridized carbons (Fsp3) is 0. The second-order valence-electron chi connectivity index (χ2n) is 5.95. The molecule has 0 spiro atoms. The van der Waals surface area contributed by atoms with E-state index in [-0.39, 0.29) is 11.5 Å².